The third kappa shape index (κ3) is 3.79. The number of anilines is 2. The van der Waals surface area contributed by atoms with E-state index in [9.17, 15) is 5.11 Å². The van der Waals surface area contributed by atoms with Crippen LogP contribution in [0.2, 0.25) is 0 Å². The van der Waals surface area contributed by atoms with Crippen LogP contribution >= 0.6 is 0 Å². The number of nitrogens with zero attached hydrogens (tertiary/aromatic N) is 2. The maximum atomic E-state index is 11.8. The maximum absolute atomic E-state index is 11.8. The predicted octanol–water partition coefficient (Wildman–Crippen LogP) is 7.37. The van der Waals surface area contributed by atoms with Gasteiger partial charge in [0.2, 0.25) is 5.71 Å². The first-order valence-electron chi connectivity index (χ1n) is 10.8. The van der Waals surface area contributed by atoms with Crippen LogP contribution in [0.4, 0.5) is 11.5 Å². The summed E-state index contributed by atoms with van der Waals surface area (Å²) >= 11 is 0. The molecule has 2 heterocycles. The highest BCUT2D eigenvalue weighted by Gasteiger charge is 2.25. The van der Waals surface area contributed by atoms with Gasteiger partial charge in [0.05, 0.1) is 5.39 Å². The van der Waals surface area contributed by atoms with Gasteiger partial charge in [-0.3, -0.25) is 5.11 Å². The Balaban J connectivity index is 1.70. The molecule has 0 bridgehead atoms. The summed E-state index contributed by atoms with van der Waals surface area (Å²) in [5.74, 6) is 2.15. The van der Waals surface area contributed by atoms with E-state index in [4.69, 9.17) is 4.42 Å². The molecule has 1 aliphatic rings. The number of allylic oxidation sites excluding steroid dienone is 2. The lowest BCUT2D eigenvalue weighted by atomic mass is 9.84. The van der Waals surface area contributed by atoms with Crippen molar-refractivity contribution in [2.45, 2.75) is 32.6 Å². The molecule has 5 rings (SSSR count). The van der Waals surface area contributed by atoms with Gasteiger partial charge < -0.3 is 9.73 Å². The number of nitrogens with one attached hydrogen (secondary N) is 1. The van der Waals surface area contributed by atoms with Crippen LogP contribution in [-0.4, -0.2) is 9.97 Å². The Morgan fingerprint density at radius 2 is 1.97 bits per heavy atom. The monoisotopic (exact) mass is 410 g/mol. The molecule has 1 radical (unpaired) electrons. The van der Waals surface area contributed by atoms with Gasteiger partial charge in [0.25, 0.3) is 0 Å². The van der Waals surface area contributed by atoms with Gasteiger partial charge in [0.15, 0.2) is 5.75 Å². The van der Waals surface area contributed by atoms with Crippen LogP contribution < -0.4 is 5.32 Å². The summed E-state index contributed by atoms with van der Waals surface area (Å²) in [6.07, 6.45) is 8.28. The maximum Gasteiger partial charge on any atom is 0.232 e. The van der Waals surface area contributed by atoms with Crippen LogP contribution in [0, 0.1) is 5.92 Å². The number of hydrogen-bond acceptors (Lipinski definition) is 4. The predicted molar refractivity (Wildman–Crippen MR) is 123 cm³/mol. The molecule has 2 aromatic carbocycles. The van der Waals surface area contributed by atoms with E-state index in [1.165, 1.54) is 24.4 Å². The minimum Gasteiger partial charge on any atom is -0.437 e. The number of hydrogen-bond donors (Lipinski definition) is 1. The van der Waals surface area contributed by atoms with Crippen LogP contribution in [-0.2, 0) is 5.11 Å². The zero-order valence-electron chi connectivity index (χ0n) is 17.5. The number of aromatic nitrogens is 2. The number of rotatable bonds is 5. The summed E-state index contributed by atoms with van der Waals surface area (Å²) in [7, 11) is 0. The first-order valence-corrected chi connectivity index (χ1v) is 10.8. The van der Waals surface area contributed by atoms with Gasteiger partial charge in [-0.1, -0.05) is 55.8 Å². The Hall–Kier alpha value is -3.60. The van der Waals surface area contributed by atoms with Crippen molar-refractivity contribution in [3.05, 3.63) is 72.6 Å². The number of furan rings is 1. The van der Waals surface area contributed by atoms with Gasteiger partial charge in [-0.2, -0.15) is 0 Å². The van der Waals surface area contributed by atoms with Crippen LogP contribution in [0.15, 0.2) is 71.4 Å². The molecule has 1 aliphatic carbocycles. The van der Waals surface area contributed by atoms with Crippen molar-refractivity contribution in [2.24, 2.45) is 5.92 Å². The molecule has 5 nitrogen and oxygen atoms in total. The van der Waals surface area contributed by atoms with Crippen molar-refractivity contribution < 1.29 is 9.52 Å². The fraction of sp³-hybridized carbons (Fsp3) is 0.231. The molecule has 0 saturated carbocycles. The molecule has 1 unspecified atom stereocenters. The second-order valence-corrected chi connectivity index (χ2v) is 8.01. The van der Waals surface area contributed by atoms with E-state index >= 15 is 0 Å². The summed E-state index contributed by atoms with van der Waals surface area (Å²) < 4.78 is 6.30. The fourth-order valence-electron chi connectivity index (χ4n) is 4.32. The van der Waals surface area contributed by atoms with E-state index in [1.54, 1.807) is 12.1 Å². The highest BCUT2D eigenvalue weighted by atomic mass is 16.3. The molecule has 0 amide bonds. The summed E-state index contributed by atoms with van der Waals surface area (Å²) in [6, 6.07) is 16.8. The zero-order valence-corrected chi connectivity index (χ0v) is 17.5. The van der Waals surface area contributed by atoms with Gasteiger partial charge in [0, 0.05) is 22.9 Å². The van der Waals surface area contributed by atoms with E-state index in [0.29, 0.717) is 17.2 Å². The van der Waals surface area contributed by atoms with Crippen molar-refractivity contribution in [3.8, 4) is 17.1 Å². The average Bonchev–Trinajstić information content (AvgIpc) is 3.20. The largest absolute Gasteiger partial charge is 0.437 e. The molecule has 31 heavy (non-hydrogen) atoms. The van der Waals surface area contributed by atoms with E-state index < -0.39 is 0 Å². The Kier molecular flexibility index (Phi) is 5.16. The fourth-order valence-corrected chi connectivity index (χ4v) is 4.32. The van der Waals surface area contributed by atoms with E-state index in [0.717, 1.165) is 47.5 Å². The molecular formula is C26H24N3O2. The minimum atomic E-state index is -0.0479. The summed E-state index contributed by atoms with van der Waals surface area (Å²) in [5, 5.41) is 16.0. The highest BCUT2D eigenvalue weighted by molar-refractivity contribution is 6.03. The smallest absolute Gasteiger partial charge is 0.232 e. The molecule has 0 spiro atoms. The Morgan fingerprint density at radius 1 is 1.10 bits per heavy atom. The van der Waals surface area contributed by atoms with Gasteiger partial charge in [0.1, 0.15) is 17.9 Å². The average molecular weight is 410 g/mol. The first kappa shape index (κ1) is 19.4. The SMILES string of the molecule is CCC1CC=C(c2c(-c3ccccc3)oc3ncnc(Nc4cccc([O])c4)c23)CC1. The Bertz CT molecular complexity index is 1240. The van der Waals surface area contributed by atoms with Gasteiger partial charge in [-0.25, -0.2) is 9.97 Å². The minimum absolute atomic E-state index is 0.0479. The van der Waals surface area contributed by atoms with Crippen LogP contribution in [0.1, 0.15) is 38.2 Å². The summed E-state index contributed by atoms with van der Waals surface area (Å²) in [5.41, 5.74) is 4.59. The van der Waals surface area contributed by atoms with E-state index in [-0.39, 0.29) is 5.75 Å². The molecule has 1 atom stereocenters. The molecule has 4 aromatic rings. The standard InChI is InChI=1S/C26H24N3O2/c1-2-17-11-13-18(14-12-17)22-23-25(29-20-9-6-10-21(30)15-20)27-16-28-26(23)31-24(22)19-7-4-3-5-8-19/h3-10,13,15-17H,2,11-12,14H2,1H3,(H,27,28,29). The molecular weight excluding hydrogens is 386 g/mol. The quantitative estimate of drug-likeness (QED) is 0.373. The van der Waals surface area contributed by atoms with Crippen molar-refractivity contribution in [1.29, 1.82) is 0 Å². The highest BCUT2D eigenvalue weighted by Crippen LogP contribution is 2.44. The molecule has 0 aliphatic heterocycles. The van der Waals surface area contributed by atoms with Crippen LogP contribution in [0.25, 0.3) is 28.0 Å². The number of benzene rings is 2. The van der Waals surface area contributed by atoms with Gasteiger partial charge >= 0.3 is 0 Å². The third-order valence-corrected chi connectivity index (χ3v) is 6.04. The van der Waals surface area contributed by atoms with Crippen molar-refractivity contribution in [3.63, 3.8) is 0 Å². The first-order chi connectivity index (χ1) is 15.2. The third-order valence-electron chi connectivity index (χ3n) is 6.04. The van der Waals surface area contributed by atoms with E-state index in [2.05, 4.69) is 40.4 Å². The molecule has 1 N–H and O–H groups in total. The zero-order chi connectivity index (χ0) is 21.2. The normalized spacial score (nSPS) is 16.3. The molecule has 155 valence electrons. The Labute approximate surface area is 181 Å². The van der Waals surface area contributed by atoms with Gasteiger partial charge in [-0.05, 0) is 42.9 Å². The second-order valence-electron chi connectivity index (χ2n) is 8.01. The number of fused-ring (bicyclic) bond motifs is 1. The van der Waals surface area contributed by atoms with Crippen molar-refractivity contribution >= 4 is 28.2 Å². The van der Waals surface area contributed by atoms with E-state index in [1.807, 2.05) is 24.3 Å². The summed E-state index contributed by atoms with van der Waals surface area (Å²) in [4.78, 5) is 8.94. The lowest BCUT2D eigenvalue weighted by Crippen LogP contribution is -2.05. The van der Waals surface area contributed by atoms with Crippen LogP contribution in [0.5, 0.6) is 5.75 Å². The van der Waals surface area contributed by atoms with Crippen molar-refractivity contribution in [2.75, 3.05) is 5.32 Å². The lowest BCUT2D eigenvalue weighted by Gasteiger charge is -2.21. The van der Waals surface area contributed by atoms with Crippen LogP contribution in [0.3, 0.4) is 0 Å². The second kappa shape index (κ2) is 8.26. The van der Waals surface area contributed by atoms with Gasteiger partial charge in [-0.15, -0.1) is 0 Å². The Morgan fingerprint density at radius 3 is 2.71 bits per heavy atom. The molecule has 5 heteroatoms. The molecule has 0 saturated heterocycles. The van der Waals surface area contributed by atoms with Crippen molar-refractivity contribution in [1.82, 2.24) is 9.97 Å². The summed E-state index contributed by atoms with van der Waals surface area (Å²) in [6.45, 7) is 2.26. The topological polar surface area (TPSA) is 70.8 Å². The lowest BCUT2D eigenvalue weighted by molar-refractivity contribution is 0.355. The molecule has 0 fully saturated rings. The molecule has 2 aromatic heterocycles.